The van der Waals surface area contributed by atoms with Gasteiger partial charge in [0, 0.05) is 108 Å². The van der Waals surface area contributed by atoms with E-state index in [0.717, 1.165) is 87.5 Å². The Morgan fingerprint density at radius 1 is 0.724 bits per heavy atom. The third-order valence-electron chi connectivity index (χ3n) is 13.5. The Balaban J connectivity index is 0.729. The van der Waals surface area contributed by atoms with E-state index in [9.17, 15) is 14.4 Å². The zero-order chi connectivity index (χ0) is 39.8. The van der Waals surface area contributed by atoms with Crippen molar-refractivity contribution < 1.29 is 14.4 Å². The molecule has 1 aromatic carbocycles. The Labute approximate surface area is 341 Å². The third-order valence-corrected chi connectivity index (χ3v) is 13.5. The normalized spacial score (nSPS) is 24.0. The van der Waals surface area contributed by atoms with E-state index in [2.05, 4.69) is 70.1 Å². The second kappa shape index (κ2) is 16.6. The number of amides is 3. The average molecular weight is 788 g/mol. The number of benzene rings is 1. The largest absolute Gasteiger partial charge is 0.369 e. The first-order valence-electron chi connectivity index (χ1n) is 21.5. The first-order chi connectivity index (χ1) is 28.3. The summed E-state index contributed by atoms with van der Waals surface area (Å²) in [5.74, 6) is 0.592. The maximum atomic E-state index is 13.1. The minimum absolute atomic E-state index is 0.0117. The molecule has 2 saturated carbocycles. The molecule has 1 atom stereocenters. The second-order valence-electron chi connectivity index (χ2n) is 17.1. The number of pyridine rings is 1. The molecule has 5 aliphatic rings. The number of hydrogen-bond acceptors (Lipinski definition) is 11. The quantitative estimate of drug-likeness (QED) is 0.218. The topological polar surface area (TPSA) is 135 Å². The van der Waals surface area contributed by atoms with Gasteiger partial charge in [0.25, 0.3) is 5.91 Å². The molecule has 58 heavy (non-hydrogen) atoms. The van der Waals surface area contributed by atoms with E-state index in [4.69, 9.17) is 9.97 Å². The lowest BCUT2D eigenvalue weighted by atomic mass is 9.88. The van der Waals surface area contributed by atoms with Crippen molar-refractivity contribution in [2.75, 3.05) is 81.6 Å². The van der Waals surface area contributed by atoms with Crippen molar-refractivity contribution in [2.24, 2.45) is 0 Å². The standard InChI is InChI=1S/C44H57N11O3/c1-50(2)43(58)38-27-31-28-46-44(49-41(31)55(38)35-5-3-4-6-35)47-39-17-15-36(29-45-39)54-25-23-53(24-26-54)34-13-11-33(12-14-34)52-21-19-51(20-22-52)32-9-7-30(8-10-32)37-16-18-40(56)48-42(37)57/h7-10,15,17,27-29,33-35,37H,3-6,11-14,16,18-26H2,1-2H3,(H,48,56,57)(H,45,46,47,49). The van der Waals surface area contributed by atoms with Crippen LogP contribution in [0.2, 0.25) is 0 Å². The molecule has 1 unspecified atom stereocenters. The molecule has 9 rings (SSSR count). The van der Waals surface area contributed by atoms with Crippen LogP contribution in [-0.4, -0.2) is 130 Å². The molecule has 3 saturated heterocycles. The lowest BCUT2D eigenvalue weighted by molar-refractivity contribution is -0.134. The van der Waals surface area contributed by atoms with Crippen LogP contribution in [0.1, 0.15) is 92.2 Å². The summed E-state index contributed by atoms with van der Waals surface area (Å²) >= 11 is 0. The molecular formula is C44H57N11O3. The summed E-state index contributed by atoms with van der Waals surface area (Å²) in [7, 11) is 3.59. The Morgan fingerprint density at radius 3 is 1.93 bits per heavy atom. The zero-order valence-corrected chi connectivity index (χ0v) is 34.0. The zero-order valence-electron chi connectivity index (χ0n) is 34.0. The Hall–Kier alpha value is -5.08. The van der Waals surface area contributed by atoms with E-state index in [1.54, 1.807) is 25.2 Å². The van der Waals surface area contributed by atoms with E-state index in [1.165, 1.54) is 44.2 Å². The molecule has 6 heterocycles. The number of hydrogen-bond donors (Lipinski definition) is 2. The number of fused-ring (bicyclic) bond motifs is 1. The van der Waals surface area contributed by atoms with Gasteiger partial charge in [0.2, 0.25) is 17.8 Å². The number of nitrogens with zero attached hydrogens (tertiary/aromatic N) is 9. The van der Waals surface area contributed by atoms with Crippen molar-refractivity contribution in [1.29, 1.82) is 0 Å². The van der Waals surface area contributed by atoms with Crippen molar-refractivity contribution in [3.8, 4) is 0 Å². The minimum Gasteiger partial charge on any atom is -0.369 e. The van der Waals surface area contributed by atoms with Crippen molar-refractivity contribution in [1.82, 2.24) is 39.5 Å². The van der Waals surface area contributed by atoms with Crippen molar-refractivity contribution in [3.05, 3.63) is 66.1 Å². The summed E-state index contributed by atoms with van der Waals surface area (Å²) < 4.78 is 2.14. The van der Waals surface area contributed by atoms with Crippen LogP contribution >= 0.6 is 0 Å². The number of aromatic nitrogens is 4. The molecular weight excluding hydrogens is 731 g/mol. The molecule has 14 nitrogen and oxygen atoms in total. The van der Waals surface area contributed by atoms with E-state index in [0.29, 0.717) is 42.4 Å². The molecule has 4 aromatic rings. The van der Waals surface area contributed by atoms with Crippen molar-refractivity contribution in [2.45, 2.75) is 88.3 Å². The lowest BCUT2D eigenvalue weighted by Gasteiger charge is -2.46. The van der Waals surface area contributed by atoms with Crippen LogP contribution in [0.5, 0.6) is 0 Å². The first-order valence-corrected chi connectivity index (χ1v) is 21.5. The summed E-state index contributed by atoms with van der Waals surface area (Å²) in [5, 5.41) is 6.67. The highest BCUT2D eigenvalue weighted by Crippen LogP contribution is 2.35. The van der Waals surface area contributed by atoms with Gasteiger partial charge in [-0.15, -0.1) is 0 Å². The number of piperazine rings is 2. The van der Waals surface area contributed by atoms with Gasteiger partial charge in [-0.1, -0.05) is 25.0 Å². The summed E-state index contributed by atoms with van der Waals surface area (Å²) in [6.07, 6.45) is 14.3. The molecule has 3 aromatic heterocycles. The molecule has 3 amide bonds. The Morgan fingerprint density at radius 2 is 1.34 bits per heavy atom. The van der Waals surface area contributed by atoms with Crippen LogP contribution in [0.3, 0.4) is 0 Å². The van der Waals surface area contributed by atoms with Crippen molar-refractivity contribution in [3.63, 3.8) is 0 Å². The van der Waals surface area contributed by atoms with Gasteiger partial charge in [0.05, 0.1) is 17.8 Å². The van der Waals surface area contributed by atoms with Crippen LogP contribution in [0, 0.1) is 0 Å². The lowest BCUT2D eigenvalue weighted by Crippen LogP contribution is -2.54. The van der Waals surface area contributed by atoms with Crippen LogP contribution in [0.4, 0.5) is 23.1 Å². The van der Waals surface area contributed by atoms with Crippen LogP contribution in [-0.2, 0) is 9.59 Å². The van der Waals surface area contributed by atoms with E-state index >= 15 is 0 Å². The highest BCUT2D eigenvalue weighted by molar-refractivity contribution is 6.01. The fourth-order valence-corrected chi connectivity index (χ4v) is 10.2. The van der Waals surface area contributed by atoms with E-state index in [1.807, 2.05) is 18.3 Å². The molecule has 3 aliphatic heterocycles. The summed E-state index contributed by atoms with van der Waals surface area (Å²) in [4.78, 5) is 63.2. The molecule has 0 bridgehead atoms. The van der Waals surface area contributed by atoms with E-state index < -0.39 is 0 Å². The number of carbonyl (C=O) groups is 3. The third kappa shape index (κ3) is 8.00. The number of anilines is 4. The number of carbonyl (C=O) groups excluding carboxylic acids is 3. The molecule has 5 fully saturated rings. The molecule has 0 radical (unpaired) electrons. The summed E-state index contributed by atoms with van der Waals surface area (Å²) in [6, 6.07) is 16.1. The van der Waals surface area contributed by atoms with E-state index in [-0.39, 0.29) is 29.7 Å². The van der Waals surface area contributed by atoms with Crippen LogP contribution in [0.25, 0.3) is 11.0 Å². The first kappa shape index (κ1) is 38.4. The maximum absolute atomic E-state index is 13.1. The average Bonchev–Trinajstić information content (AvgIpc) is 3.92. The van der Waals surface area contributed by atoms with Gasteiger partial charge in [-0.25, -0.2) is 9.97 Å². The van der Waals surface area contributed by atoms with Crippen LogP contribution in [0.15, 0.2) is 54.9 Å². The minimum atomic E-state index is -0.232. The fourth-order valence-electron chi connectivity index (χ4n) is 10.2. The molecule has 2 N–H and O–H groups in total. The second-order valence-corrected chi connectivity index (χ2v) is 17.1. The molecule has 0 spiro atoms. The van der Waals surface area contributed by atoms with Gasteiger partial charge in [-0.2, -0.15) is 4.98 Å². The molecule has 306 valence electrons. The number of piperidine rings is 1. The summed E-state index contributed by atoms with van der Waals surface area (Å²) in [6.45, 7) is 8.35. The number of imide groups is 1. The smallest absolute Gasteiger partial charge is 0.270 e. The predicted molar refractivity (Wildman–Crippen MR) is 226 cm³/mol. The maximum Gasteiger partial charge on any atom is 0.270 e. The SMILES string of the molecule is CN(C)C(=O)c1cc2cnc(Nc3ccc(N4CCN(C5CCC(N6CCN(c7ccc(C8CCC(=O)NC8=O)cc7)CC6)CC5)CC4)cn3)nc2n1C1CCCC1. The Bertz CT molecular complexity index is 2090. The fraction of sp³-hybridized carbons (Fsp3) is 0.545. The highest BCUT2D eigenvalue weighted by Gasteiger charge is 2.33. The summed E-state index contributed by atoms with van der Waals surface area (Å²) in [5.41, 5.74) is 4.81. The van der Waals surface area contributed by atoms with Gasteiger partial charge >= 0.3 is 0 Å². The molecule has 14 heteroatoms. The van der Waals surface area contributed by atoms with Gasteiger partial charge < -0.3 is 24.6 Å². The number of rotatable bonds is 9. The van der Waals surface area contributed by atoms with Gasteiger partial charge in [-0.05, 0) is 80.8 Å². The van der Waals surface area contributed by atoms with Gasteiger partial charge in [-0.3, -0.25) is 29.5 Å². The van der Waals surface area contributed by atoms with Crippen molar-refractivity contribution >= 4 is 51.9 Å². The number of nitrogens with one attached hydrogen (secondary N) is 2. The monoisotopic (exact) mass is 787 g/mol. The highest BCUT2D eigenvalue weighted by atomic mass is 16.2. The molecule has 2 aliphatic carbocycles. The van der Waals surface area contributed by atoms with Gasteiger partial charge in [0.1, 0.15) is 17.2 Å². The van der Waals surface area contributed by atoms with Gasteiger partial charge in [0.15, 0.2) is 0 Å². The Kier molecular flexibility index (Phi) is 11.0. The van der Waals surface area contributed by atoms with Crippen LogP contribution < -0.4 is 20.4 Å². The predicted octanol–water partition coefficient (Wildman–Crippen LogP) is 5.16.